The molecule has 3 aromatic carbocycles. The summed E-state index contributed by atoms with van der Waals surface area (Å²) in [5.41, 5.74) is 2.50. The van der Waals surface area contributed by atoms with Crippen LogP contribution in [0.4, 0.5) is 0 Å². The maximum atomic E-state index is 12.3. The highest BCUT2D eigenvalue weighted by atomic mass is 16.5. The van der Waals surface area contributed by atoms with Gasteiger partial charge in [-0.2, -0.15) is 0 Å². The Bertz CT molecular complexity index is 1070. The Morgan fingerprint density at radius 2 is 1.81 bits per heavy atom. The second kappa shape index (κ2) is 6.92. The molecule has 0 aliphatic heterocycles. The minimum atomic E-state index is -0.281. The molecule has 0 bridgehead atoms. The molecule has 0 saturated carbocycles. The molecule has 0 saturated heterocycles. The topological polar surface area (TPSA) is 48.7 Å². The first-order chi connectivity index (χ1) is 12.7. The molecule has 0 fully saturated rings. The van der Waals surface area contributed by atoms with Crippen LogP contribution in [0.15, 0.2) is 71.3 Å². The lowest BCUT2D eigenvalue weighted by Crippen LogP contribution is -2.08. The van der Waals surface area contributed by atoms with Crippen LogP contribution in [0, 0.1) is 0 Å². The molecule has 0 atom stereocenters. The van der Waals surface area contributed by atoms with Crippen LogP contribution in [-0.4, -0.2) is 13.1 Å². The third kappa shape index (κ3) is 3.14. The number of ether oxygens (including phenoxy) is 2. The molecule has 0 amide bonds. The van der Waals surface area contributed by atoms with E-state index in [1.807, 2.05) is 54.6 Å². The largest absolute Gasteiger partial charge is 0.497 e. The molecule has 130 valence electrons. The molecule has 4 rings (SSSR count). The Hall–Kier alpha value is -3.27. The molecular weight excluding hydrogens is 328 g/mol. The molecule has 1 heterocycles. The highest BCUT2D eigenvalue weighted by molar-refractivity contribution is 5.87. The Morgan fingerprint density at radius 1 is 0.962 bits per heavy atom. The molecule has 4 aromatic rings. The van der Waals surface area contributed by atoms with Crippen LogP contribution in [0.1, 0.15) is 11.1 Å². The van der Waals surface area contributed by atoms with Crippen molar-refractivity contribution in [3.8, 4) is 5.75 Å². The molecule has 0 spiro atoms. The summed E-state index contributed by atoms with van der Waals surface area (Å²) in [5.74, 6) is 0.438. The first-order valence-corrected chi connectivity index (χ1v) is 8.41. The number of carbonyl (C=O) groups excluding carboxylic acids is 1. The van der Waals surface area contributed by atoms with E-state index >= 15 is 0 Å². The molecular formula is C22H18O4. The number of carbonyl (C=O) groups is 1. The normalized spacial score (nSPS) is 11.0. The van der Waals surface area contributed by atoms with Gasteiger partial charge >= 0.3 is 5.97 Å². The van der Waals surface area contributed by atoms with Crippen molar-refractivity contribution in [1.29, 1.82) is 0 Å². The Kier molecular flexibility index (Phi) is 4.32. The van der Waals surface area contributed by atoms with E-state index in [1.54, 1.807) is 19.4 Å². The number of fused-ring (bicyclic) bond motifs is 2. The molecule has 0 aliphatic rings. The number of rotatable bonds is 5. The number of esters is 1. The Labute approximate surface area is 150 Å². The van der Waals surface area contributed by atoms with E-state index in [4.69, 9.17) is 13.9 Å². The first kappa shape index (κ1) is 16.2. The summed E-state index contributed by atoms with van der Waals surface area (Å²) in [6.07, 6.45) is 1.77. The zero-order valence-corrected chi connectivity index (χ0v) is 14.4. The van der Waals surface area contributed by atoms with Crippen molar-refractivity contribution in [2.75, 3.05) is 7.11 Å². The van der Waals surface area contributed by atoms with E-state index in [-0.39, 0.29) is 19.0 Å². The minimum absolute atomic E-state index is 0.171. The van der Waals surface area contributed by atoms with Crippen LogP contribution in [0.5, 0.6) is 5.75 Å². The third-order valence-electron chi connectivity index (χ3n) is 4.47. The fraction of sp³-hybridized carbons (Fsp3) is 0.136. The van der Waals surface area contributed by atoms with Gasteiger partial charge in [0.15, 0.2) is 0 Å². The summed E-state index contributed by atoms with van der Waals surface area (Å²) in [6.45, 7) is 0.254. The molecule has 0 aliphatic carbocycles. The van der Waals surface area contributed by atoms with Crippen molar-refractivity contribution >= 4 is 27.7 Å². The van der Waals surface area contributed by atoms with E-state index in [0.717, 1.165) is 33.0 Å². The van der Waals surface area contributed by atoms with Crippen molar-refractivity contribution in [3.63, 3.8) is 0 Å². The van der Waals surface area contributed by atoms with Crippen LogP contribution in [0.2, 0.25) is 0 Å². The van der Waals surface area contributed by atoms with E-state index < -0.39 is 0 Å². The van der Waals surface area contributed by atoms with E-state index in [0.29, 0.717) is 5.58 Å². The second-order valence-corrected chi connectivity index (χ2v) is 6.10. The van der Waals surface area contributed by atoms with Gasteiger partial charge < -0.3 is 13.9 Å². The summed E-state index contributed by atoms with van der Waals surface area (Å²) < 4.78 is 16.2. The van der Waals surface area contributed by atoms with Gasteiger partial charge in [0.2, 0.25) is 0 Å². The predicted octanol–water partition coefficient (Wildman–Crippen LogP) is 4.88. The average Bonchev–Trinajstić information content (AvgIpc) is 3.08. The quantitative estimate of drug-likeness (QED) is 0.483. The fourth-order valence-corrected chi connectivity index (χ4v) is 3.11. The molecule has 4 heteroatoms. The van der Waals surface area contributed by atoms with Gasteiger partial charge in [0.25, 0.3) is 0 Å². The van der Waals surface area contributed by atoms with Crippen LogP contribution in [-0.2, 0) is 22.6 Å². The molecule has 0 N–H and O–H groups in total. The molecule has 1 aromatic heterocycles. The molecule has 0 unspecified atom stereocenters. The van der Waals surface area contributed by atoms with Gasteiger partial charge in [0.05, 0.1) is 19.8 Å². The zero-order valence-electron chi connectivity index (χ0n) is 14.4. The summed E-state index contributed by atoms with van der Waals surface area (Å²) in [6, 6.07) is 19.6. The highest BCUT2D eigenvalue weighted by Gasteiger charge is 2.13. The van der Waals surface area contributed by atoms with Crippen molar-refractivity contribution in [2.24, 2.45) is 0 Å². The Morgan fingerprint density at radius 3 is 2.69 bits per heavy atom. The number of methoxy groups -OCH3 is 1. The monoisotopic (exact) mass is 346 g/mol. The lowest BCUT2D eigenvalue weighted by Gasteiger charge is -2.08. The third-order valence-corrected chi connectivity index (χ3v) is 4.47. The maximum absolute atomic E-state index is 12.3. The summed E-state index contributed by atoms with van der Waals surface area (Å²) in [7, 11) is 1.61. The standard InChI is InChI=1S/C22H18O4/c1-24-18-9-10-20-17(14-25-21(20)12-18)11-22(23)26-13-16-7-4-6-15-5-2-3-8-19(15)16/h2-10,12,14H,11,13H2,1H3. The van der Waals surface area contributed by atoms with Crippen molar-refractivity contribution < 1.29 is 18.7 Å². The van der Waals surface area contributed by atoms with Crippen LogP contribution >= 0.6 is 0 Å². The number of benzene rings is 3. The summed E-state index contributed by atoms with van der Waals surface area (Å²) in [5, 5.41) is 3.13. The zero-order chi connectivity index (χ0) is 17.9. The molecule has 0 radical (unpaired) electrons. The Balaban J connectivity index is 1.47. The fourth-order valence-electron chi connectivity index (χ4n) is 3.11. The highest BCUT2D eigenvalue weighted by Crippen LogP contribution is 2.26. The van der Waals surface area contributed by atoms with Crippen molar-refractivity contribution in [2.45, 2.75) is 13.0 Å². The number of furan rings is 1. The van der Waals surface area contributed by atoms with E-state index in [1.165, 1.54) is 0 Å². The number of hydrogen-bond donors (Lipinski definition) is 0. The number of hydrogen-bond acceptors (Lipinski definition) is 4. The van der Waals surface area contributed by atoms with E-state index in [2.05, 4.69) is 0 Å². The van der Waals surface area contributed by atoms with Crippen LogP contribution in [0.25, 0.3) is 21.7 Å². The first-order valence-electron chi connectivity index (χ1n) is 8.41. The molecule has 4 nitrogen and oxygen atoms in total. The summed E-state index contributed by atoms with van der Waals surface area (Å²) in [4.78, 5) is 12.3. The minimum Gasteiger partial charge on any atom is -0.497 e. The SMILES string of the molecule is COc1ccc2c(CC(=O)OCc3cccc4ccccc34)coc2c1. The van der Waals surface area contributed by atoms with Crippen molar-refractivity contribution in [1.82, 2.24) is 0 Å². The van der Waals surface area contributed by atoms with Gasteiger partial charge in [-0.1, -0.05) is 42.5 Å². The lowest BCUT2D eigenvalue weighted by molar-refractivity contribution is -0.144. The van der Waals surface area contributed by atoms with Gasteiger partial charge in [0, 0.05) is 17.0 Å². The van der Waals surface area contributed by atoms with Crippen LogP contribution in [0.3, 0.4) is 0 Å². The predicted molar refractivity (Wildman–Crippen MR) is 100 cm³/mol. The van der Waals surface area contributed by atoms with Gasteiger partial charge in [-0.3, -0.25) is 4.79 Å². The summed E-state index contributed by atoms with van der Waals surface area (Å²) >= 11 is 0. The lowest BCUT2D eigenvalue weighted by atomic mass is 10.1. The van der Waals surface area contributed by atoms with E-state index in [9.17, 15) is 4.79 Å². The maximum Gasteiger partial charge on any atom is 0.310 e. The second-order valence-electron chi connectivity index (χ2n) is 6.10. The van der Waals surface area contributed by atoms with Gasteiger partial charge in [-0.05, 0) is 28.5 Å². The molecule has 26 heavy (non-hydrogen) atoms. The van der Waals surface area contributed by atoms with Gasteiger partial charge in [0.1, 0.15) is 17.9 Å². The van der Waals surface area contributed by atoms with Crippen molar-refractivity contribution in [3.05, 3.63) is 78.1 Å². The van der Waals surface area contributed by atoms with Gasteiger partial charge in [-0.25, -0.2) is 0 Å². The average molecular weight is 346 g/mol. The van der Waals surface area contributed by atoms with Gasteiger partial charge in [-0.15, -0.1) is 0 Å². The smallest absolute Gasteiger partial charge is 0.310 e. The van der Waals surface area contributed by atoms with Crippen LogP contribution < -0.4 is 4.74 Å².